The van der Waals surface area contributed by atoms with Crippen molar-refractivity contribution >= 4 is 34.8 Å². The Labute approximate surface area is 146 Å². The van der Waals surface area contributed by atoms with Crippen molar-refractivity contribution < 1.29 is 9.59 Å². The van der Waals surface area contributed by atoms with E-state index in [9.17, 15) is 9.59 Å². The first kappa shape index (κ1) is 16.5. The van der Waals surface area contributed by atoms with Gasteiger partial charge < -0.3 is 10.2 Å². The van der Waals surface area contributed by atoms with Crippen LogP contribution in [0.1, 0.15) is 35.2 Å². The number of nitrogens with one attached hydrogen (secondary N) is 1. The van der Waals surface area contributed by atoms with Gasteiger partial charge in [-0.05, 0) is 61.7 Å². The summed E-state index contributed by atoms with van der Waals surface area (Å²) in [6.45, 7) is 2.70. The van der Waals surface area contributed by atoms with Crippen LogP contribution in [-0.4, -0.2) is 18.4 Å². The quantitative estimate of drug-likeness (QED) is 0.897. The molecule has 0 unspecified atom stereocenters. The third kappa shape index (κ3) is 3.60. The molecule has 2 aromatic carbocycles. The van der Waals surface area contributed by atoms with Crippen molar-refractivity contribution in [3.8, 4) is 0 Å². The Bertz CT molecular complexity index is 771. The summed E-state index contributed by atoms with van der Waals surface area (Å²) in [6, 6.07) is 12.4. The first-order valence-corrected chi connectivity index (χ1v) is 8.40. The second-order valence-electron chi connectivity index (χ2n) is 5.96. The number of benzene rings is 2. The predicted molar refractivity (Wildman–Crippen MR) is 96.8 cm³/mol. The lowest BCUT2D eigenvalue weighted by Gasteiger charge is -2.28. The smallest absolute Gasteiger partial charge is 0.255 e. The SMILES string of the molecule is Cc1ccc(NC(=O)c2ccc(Cl)cc2)cc1N1CCCCC1=O. The minimum absolute atomic E-state index is 0.144. The molecule has 0 saturated carbocycles. The van der Waals surface area contributed by atoms with Gasteiger partial charge in [0.25, 0.3) is 5.91 Å². The molecule has 0 aliphatic carbocycles. The fourth-order valence-corrected chi connectivity index (χ4v) is 2.97. The van der Waals surface area contributed by atoms with Crippen molar-refractivity contribution in [1.29, 1.82) is 0 Å². The molecule has 1 heterocycles. The van der Waals surface area contributed by atoms with Crippen LogP contribution in [0.25, 0.3) is 0 Å². The van der Waals surface area contributed by atoms with E-state index in [2.05, 4.69) is 5.32 Å². The van der Waals surface area contributed by atoms with Crippen molar-refractivity contribution in [2.45, 2.75) is 26.2 Å². The molecule has 5 heteroatoms. The molecule has 3 rings (SSSR count). The second-order valence-corrected chi connectivity index (χ2v) is 6.40. The van der Waals surface area contributed by atoms with E-state index >= 15 is 0 Å². The number of halogens is 1. The minimum Gasteiger partial charge on any atom is -0.322 e. The highest BCUT2D eigenvalue weighted by Crippen LogP contribution is 2.28. The molecule has 0 bridgehead atoms. The molecular weight excluding hydrogens is 324 g/mol. The molecule has 4 nitrogen and oxygen atoms in total. The molecular formula is C19H19ClN2O2. The van der Waals surface area contributed by atoms with E-state index in [4.69, 9.17) is 11.6 Å². The van der Waals surface area contributed by atoms with Crippen LogP contribution in [0, 0.1) is 6.92 Å². The summed E-state index contributed by atoms with van der Waals surface area (Å²) in [6.07, 6.45) is 2.54. The average Bonchev–Trinajstić information content (AvgIpc) is 2.58. The Morgan fingerprint density at radius 3 is 2.58 bits per heavy atom. The minimum atomic E-state index is -0.202. The van der Waals surface area contributed by atoms with Gasteiger partial charge in [0.1, 0.15) is 0 Å². The van der Waals surface area contributed by atoms with Crippen molar-refractivity contribution in [3.05, 3.63) is 58.6 Å². The standard InChI is InChI=1S/C19H19ClN2O2/c1-13-5-10-16(12-17(13)22-11-3-2-4-18(22)23)21-19(24)14-6-8-15(20)9-7-14/h5-10,12H,2-4,11H2,1H3,(H,21,24). The van der Waals surface area contributed by atoms with Gasteiger partial charge in [-0.1, -0.05) is 17.7 Å². The van der Waals surface area contributed by atoms with E-state index in [1.807, 2.05) is 30.0 Å². The number of rotatable bonds is 3. The van der Waals surface area contributed by atoms with E-state index in [1.54, 1.807) is 24.3 Å². The van der Waals surface area contributed by atoms with Gasteiger partial charge in [0.05, 0.1) is 0 Å². The number of aryl methyl sites for hydroxylation is 1. The van der Waals surface area contributed by atoms with E-state index < -0.39 is 0 Å². The largest absolute Gasteiger partial charge is 0.322 e. The van der Waals surface area contributed by atoms with Crippen molar-refractivity contribution in [2.75, 3.05) is 16.8 Å². The summed E-state index contributed by atoms with van der Waals surface area (Å²) >= 11 is 5.85. The summed E-state index contributed by atoms with van der Waals surface area (Å²) < 4.78 is 0. The first-order valence-electron chi connectivity index (χ1n) is 8.02. The summed E-state index contributed by atoms with van der Waals surface area (Å²) in [5.74, 6) is -0.0584. The lowest BCUT2D eigenvalue weighted by Crippen LogP contribution is -2.35. The molecule has 0 radical (unpaired) electrons. The molecule has 1 fully saturated rings. The van der Waals surface area contributed by atoms with Gasteiger partial charge in [-0.25, -0.2) is 0 Å². The van der Waals surface area contributed by atoms with Crippen LogP contribution < -0.4 is 10.2 Å². The molecule has 1 aliphatic rings. The van der Waals surface area contributed by atoms with Gasteiger partial charge in [0.2, 0.25) is 5.91 Å². The van der Waals surface area contributed by atoms with Crippen molar-refractivity contribution in [1.82, 2.24) is 0 Å². The fraction of sp³-hybridized carbons (Fsp3) is 0.263. The van der Waals surface area contributed by atoms with Crippen LogP contribution >= 0.6 is 11.6 Å². The van der Waals surface area contributed by atoms with Crippen molar-refractivity contribution in [3.63, 3.8) is 0 Å². The molecule has 1 N–H and O–H groups in total. The lowest BCUT2D eigenvalue weighted by atomic mass is 10.1. The third-order valence-electron chi connectivity index (χ3n) is 4.19. The highest BCUT2D eigenvalue weighted by Gasteiger charge is 2.21. The number of hydrogen-bond donors (Lipinski definition) is 1. The van der Waals surface area contributed by atoms with Crippen LogP contribution in [-0.2, 0) is 4.79 Å². The number of carbonyl (C=O) groups is 2. The summed E-state index contributed by atoms with van der Waals surface area (Å²) in [5.41, 5.74) is 3.10. The maximum absolute atomic E-state index is 12.3. The average molecular weight is 343 g/mol. The molecule has 24 heavy (non-hydrogen) atoms. The Morgan fingerprint density at radius 2 is 1.88 bits per heavy atom. The van der Waals surface area contributed by atoms with Crippen molar-refractivity contribution in [2.24, 2.45) is 0 Å². The van der Waals surface area contributed by atoms with E-state index in [0.29, 0.717) is 22.7 Å². The van der Waals surface area contributed by atoms with Crippen LogP contribution in [0.3, 0.4) is 0 Å². The van der Waals surface area contributed by atoms with Crippen LogP contribution in [0.15, 0.2) is 42.5 Å². The molecule has 1 saturated heterocycles. The zero-order valence-electron chi connectivity index (χ0n) is 13.5. The van der Waals surface area contributed by atoms with Gasteiger partial charge in [-0.3, -0.25) is 9.59 Å². The molecule has 0 atom stereocenters. The third-order valence-corrected chi connectivity index (χ3v) is 4.44. The van der Waals surface area contributed by atoms with Gasteiger partial charge in [-0.15, -0.1) is 0 Å². The molecule has 1 aliphatic heterocycles. The van der Waals surface area contributed by atoms with E-state index in [0.717, 1.165) is 30.6 Å². The van der Waals surface area contributed by atoms with Gasteiger partial charge in [0.15, 0.2) is 0 Å². The molecule has 0 spiro atoms. The van der Waals surface area contributed by atoms with E-state index in [1.165, 1.54) is 0 Å². The predicted octanol–water partition coefficient (Wildman–Crippen LogP) is 4.42. The van der Waals surface area contributed by atoms with Gasteiger partial charge >= 0.3 is 0 Å². The number of hydrogen-bond acceptors (Lipinski definition) is 2. The fourth-order valence-electron chi connectivity index (χ4n) is 2.84. The molecule has 0 aromatic heterocycles. The lowest BCUT2D eigenvalue weighted by molar-refractivity contribution is -0.119. The maximum Gasteiger partial charge on any atom is 0.255 e. The van der Waals surface area contributed by atoms with Crippen LogP contribution in [0.2, 0.25) is 5.02 Å². The Morgan fingerprint density at radius 1 is 1.12 bits per heavy atom. The number of nitrogens with zero attached hydrogens (tertiary/aromatic N) is 1. The molecule has 2 amide bonds. The maximum atomic E-state index is 12.3. The molecule has 2 aromatic rings. The zero-order valence-corrected chi connectivity index (χ0v) is 14.3. The number of piperidine rings is 1. The topological polar surface area (TPSA) is 49.4 Å². The summed E-state index contributed by atoms with van der Waals surface area (Å²) in [5, 5.41) is 3.47. The normalized spacial score (nSPS) is 14.6. The highest BCUT2D eigenvalue weighted by atomic mass is 35.5. The van der Waals surface area contributed by atoms with Crippen LogP contribution in [0.5, 0.6) is 0 Å². The summed E-state index contributed by atoms with van der Waals surface area (Å²) in [7, 11) is 0. The van der Waals surface area contributed by atoms with E-state index in [-0.39, 0.29) is 11.8 Å². The number of carbonyl (C=O) groups excluding carboxylic acids is 2. The zero-order chi connectivity index (χ0) is 17.1. The second kappa shape index (κ2) is 7.05. The molecule has 124 valence electrons. The Hall–Kier alpha value is -2.33. The van der Waals surface area contributed by atoms with Crippen LogP contribution in [0.4, 0.5) is 11.4 Å². The highest BCUT2D eigenvalue weighted by molar-refractivity contribution is 6.30. The number of amides is 2. The Balaban J connectivity index is 1.81. The van der Waals surface area contributed by atoms with Gasteiger partial charge in [-0.2, -0.15) is 0 Å². The first-order chi connectivity index (χ1) is 11.5. The van der Waals surface area contributed by atoms with Gasteiger partial charge in [0, 0.05) is 34.9 Å². The monoisotopic (exact) mass is 342 g/mol. The Kier molecular flexibility index (Phi) is 4.86. The number of anilines is 2. The summed E-state index contributed by atoms with van der Waals surface area (Å²) in [4.78, 5) is 26.3.